The largest absolute Gasteiger partial charge is 0.465 e. The lowest BCUT2D eigenvalue weighted by Crippen LogP contribution is -2.70. The molecule has 32 heavy (non-hydrogen) atoms. The van der Waals surface area contributed by atoms with Gasteiger partial charge < -0.3 is 18.9 Å². The van der Waals surface area contributed by atoms with E-state index in [-0.39, 0.29) is 23.4 Å². The third kappa shape index (κ3) is 4.36. The van der Waals surface area contributed by atoms with E-state index in [0.29, 0.717) is 5.56 Å². The molecular weight excluding hydrogens is 446 g/mol. The van der Waals surface area contributed by atoms with Crippen molar-refractivity contribution in [1.82, 2.24) is 4.90 Å². The Balaban J connectivity index is 1.88. The molecule has 2 heterocycles. The first kappa shape index (κ1) is 23.4. The van der Waals surface area contributed by atoms with E-state index < -0.39 is 57.5 Å². The number of carbonyl (C=O) groups excluding carboxylic acids is 4. The summed E-state index contributed by atoms with van der Waals surface area (Å²) < 4.78 is 45.1. The van der Waals surface area contributed by atoms with Gasteiger partial charge in [0.15, 0.2) is 21.3 Å². The molecule has 172 valence electrons. The normalized spacial score (nSPS) is 21.3. The molecule has 0 unspecified atom stereocenters. The summed E-state index contributed by atoms with van der Waals surface area (Å²) in [6.45, 7) is 0.370. The summed E-state index contributed by atoms with van der Waals surface area (Å²) in [7, 11) is -1.47. The summed E-state index contributed by atoms with van der Waals surface area (Å²) in [4.78, 5) is 49.1. The number of ether oxygens (including phenoxy) is 4. The molecular formula is C20H21NO10S. The number of carbonyl (C=O) groups is 4. The van der Waals surface area contributed by atoms with Crippen molar-refractivity contribution in [2.75, 3.05) is 26.6 Å². The number of methoxy groups -OCH3 is 2. The van der Waals surface area contributed by atoms with Gasteiger partial charge >= 0.3 is 17.9 Å². The van der Waals surface area contributed by atoms with Crippen LogP contribution in [0.5, 0.6) is 0 Å². The van der Waals surface area contributed by atoms with E-state index in [9.17, 15) is 27.6 Å². The minimum Gasteiger partial charge on any atom is -0.465 e. The number of esters is 3. The van der Waals surface area contributed by atoms with E-state index in [1.54, 1.807) is 12.1 Å². The maximum Gasteiger partial charge on any atom is 0.355 e. The zero-order valence-corrected chi connectivity index (χ0v) is 18.3. The standard InChI is InChI=1S/C20H21NO10S/c1-11(22)30-9-14-10-32(26,27)18-16(28-2)17(23)21(18)15(14)20(25)31-8-12-5-4-6-13(7-12)19(24)29-3/h4-7,16,18H,8-10H2,1-3H3/t16-,18+/m0/s1. The zero-order valence-electron chi connectivity index (χ0n) is 17.5. The Morgan fingerprint density at radius 3 is 2.44 bits per heavy atom. The number of sulfone groups is 1. The number of hydrogen-bond donors (Lipinski definition) is 0. The fourth-order valence-corrected chi connectivity index (χ4v) is 5.48. The van der Waals surface area contributed by atoms with Crippen molar-refractivity contribution in [1.29, 1.82) is 0 Å². The second-order valence-electron chi connectivity index (χ2n) is 7.06. The smallest absolute Gasteiger partial charge is 0.355 e. The molecule has 0 saturated carbocycles. The summed E-state index contributed by atoms with van der Waals surface area (Å²) in [5.74, 6) is -3.55. The van der Waals surface area contributed by atoms with E-state index in [1.165, 1.54) is 26.4 Å². The van der Waals surface area contributed by atoms with Crippen LogP contribution in [0.15, 0.2) is 35.5 Å². The molecule has 0 aliphatic carbocycles. The first-order valence-electron chi connectivity index (χ1n) is 9.38. The Hall–Kier alpha value is -3.25. The van der Waals surface area contributed by atoms with Crippen molar-refractivity contribution in [3.8, 4) is 0 Å². The highest BCUT2D eigenvalue weighted by Gasteiger charge is 2.60. The van der Waals surface area contributed by atoms with Gasteiger partial charge in [0, 0.05) is 19.6 Å². The van der Waals surface area contributed by atoms with Crippen molar-refractivity contribution in [3.05, 3.63) is 46.7 Å². The molecule has 0 spiro atoms. The Morgan fingerprint density at radius 2 is 1.81 bits per heavy atom. The number of hydrogen-bond acceptors (Lipinski definition) is 10. The van der Waals surface area contributed by atoms with Crippen LogP contribution in [0.25, 0.3) is 0 Å². The molecule has 2 atom stereocenters. The van der Waals surface area contributed by atoms with Gasteiger partial charge in [0.25, 0.3) is 5.91 Å². The highest BCUT2D eigenvalue weighted by Crippen LogP contribution is 2.38. The van der Waals surface area contributed by atoms with Gasteiger partial charge in [-0.15, -0.1) is 0 Å². The summed E-state index contributed by atoms with van der Waals surface area (Å²) in [6.07, 6.45) is -1.24. The molecule has 11 nitrogen and oxygen atoms in total. The van der Waals surface area contributed by atoms with Crippen molar-refractivity contribution in [3.63, 3.8) is 0 Å². The summed E-state index contributed by atoms with van der Waals surface area (Å²) in [5.41, 5.74) is 0.342. The Labute approximate surface area is 183 Å². The Kier molecular flexibility index (Phi) is 6.65. The van der Waals surface area contributed by atoms with Crippen LogP contribution in [0.4, 0.5) is 0 Å². The Morgan fingerprint density at radius 1 is 1.09 bits per heavy atom. The number of nitrogens with zero attached hydrogens (tertiary/aromatic N) is 1. The fourth-order valence-electron chi connectivity index (χ4n) is 3.47. The van der Waals surface area contributed by atoms with Gasteiger partial charge in [-0.05, 0) is 17.7 Å². The first-order chi connectivity index (χ1) is 15.1. The average Bonchev–Trinajstić information content (AvgIpc) is 2.75. The second-order valence-corrected chi connectivity index (χ2v) is 9.16. The van der Waals surface area contributed by atoms with Gasteiger partial charge in [-0.1, -0.05) is 12.1 Å². The topological polar surface area (TPSA) is 143 Å². The third-order valence-electron chi connectivity index (χ3n) is 4.93. The highest BCUT2D eigenvalue weighted by molar-refractivity contribution is 7.92. The van der Waals surface area contributed by atoms with E-state index in [2.05, 4.69) is 4.74 Å². The first-order valence-corrected chi connectivity index (χ1v) is 11.1. The number of benzene rings is 1. The highest BCUT2D eigenvalue weighted by atomic mass is 32.2. The number of amides is 1. The summed E-state index contributed by atoms with van der Waals surface area (Å²) in [5, 5.41) is -1.37. The van der Waals surface area contributed by atoms with E-state index >= 15 is 0 Å². The minimum atomic E-state index is -3.89. The second kappa shape index (κ2) is 9.09. The third-order valence-corrected chi connectivity index (χ3v) is 6.87. The maximum atomic E-state index is 12.9. The van der Waals surface area contributed by atoms with Crippen LogP contribution >= 0.6 is 0 Å². The van der Waals surface area contributed by atoms with Crippen LogP contribution in [0.3, 0.4) is 0 Å². The molecule has 1 aromatic carbocycles. The van der Waals surface area contributed by atoms with E-state index in [1.807, 2.05) is 0 Å². The zero-order chi connectivity index (χ0) is 23.6. The molecule has 1 aromatic rings. The van der Waals surface area contributed by atoms with E-state index in [0.717, 1.165) is 11.8 Å². The number of rotatable bonds is 7. The van der Waals surface area contributed by atoms with Crippen molar-refractivity contribution < 1.29 is 46.5 Å². The molecule has 0 N–H and O–H groups in total. The summed E-state index contributed by atoms with van der Waals surface area (Å²) in [6, 6.07) is 6.18. The van der Waals surface area contributed by atoms with Crippen LogP contribution in [-0.2, 0) is 49.8 Å². The van der Waals surface area contributed by atoms with Gasteiger partial charge in [-0.3, -0.25) is 14.5 Å². The van der Waals surface area contributed by atoms with Crippen LogP contribution in [-0.4, -0.2) is 75.2 Å². The molecule has 0 radical (unpaired) electrons. The monoisotopic (exact) mass is 467 g/mol. The van der Waals surface area contributed by atoms with E-state index in [4.69, 9.17) is 14.2 Å². The van der Waals surface area contributed by atoms with Crippen molar-refractivity contribution in [2.45, 2.75) is 25.0 Å². The lowest BCUT2D eigenvalue weighted by molar-refractivity contribution is -0.164. The molecule has 2 aliphatic heterocycles. The SMILES string of the molecule is COC(=O)c1cccc(COC(=O)C2=C(COC(C)=O)CS(=O)(=O)[C@@H]3[C@@H](OC)C(=O)N23)c1. The minimum absolute atomic E-state index is 0.0762. The Bertz CT molecular complexity index is 1110. The molecule has 3 rings (SSSR count). The average molecular weight is 467 g/mol. The molecule has 2 aliphatic rings. The lowest BCUT2D eigenvalue weighted by atomic mass is 10.1. The van der Waals surface area contributed by atoms with Crippen molar-refractivity contribution in [2.24, 2.45) is 0 Å². The quantitative estimate of drug-likeness (QED) is 0.304. The molecule has 1 amide bonds. The van der Waals surface area contributed by atoms with Crippen LogP contribution in [0.2, 0.25) is 0 Å². The predicted octanol–water partition coefficient (Wildman–Crippen LogP) is -0.0547. The molecule has 12 heteroatoms. The molecule has 1 fully saturated rings. The maximum absolute atomic E-state index is 12.9. The molecule has 0 aromatic heterocycles. The van der Waals surface area contributed by atoms with Crippen molar-refractivity contribution >= 4 is 33.7 Å². The van der Waals surface area contributed by atoms with Gasteiger partial charge in [-0.2, -0.15) is 0 Å². The van der Waals surface area contributed by atoms with Gasteiger partial charge in [0.2, 0.25) is 0 Å². The summed E-state index contributed by atoms with van der Waals surface area (Å²) >= 11 is 0. The number of β-lactam (4-membered cyclic amide) rings is 1. The van der Waals surface area contributed by atoms with Gasteiger partial charge in [0.1, 0.15) is 18.9 Å². The predicted molar refractivity (Wildman–Crippen MR) is 106 cm³/mol. The number of fused-ring (bicyclic) bond motifs is 1. The lowest BCUT2D eigenvalue weighted by Gasteiger charge is -2.48. The van der Waals surface area contributed by atoms with Gasteiger partial charge in [0.05, 0.1) is 18.4 Å². The van der Waals surface area contributed by atoms with Crippen LogP contribution in [0, 0.1) is 0 Å². The molecule has 1 saturated heterocycles. The fraction of sp³-hybridized carbons (Fsp3) is 0.400. The molecule has 0 bridgehead atoms. The van der Waals surface area contributed by atoms with Crippen LogP contribution < -0.4 is 0 Å². The van der Waals surface area contributed by atoms with Crippen LogP contribution in [0.1, 0.15) is 22.8 Å². The van der Waals surface area contributed by atoms with Gasteiger partial charge in [-0.25, -0.2) is 18.0 Å².